The maximum atomic E-state index is 15.0. The summed E-state index contributed by atoms with van der Waals surface area (Å²) in [5.41, 5.74) is 5.41. The van der Waals surface area contributed by atoms with E-state index >= 15 is 4.57 Å². The summed E-state index contributed by atoms with van der Waals surface area (Å²) in [6.45, 7) is -0.996. The molecule has 19 heteroatoms. The van der Waals surface area contributed by atoms with Gasteiger partial charge in [0.05, 0.1) is 75.2 Å². The molecule has 0 N–H and O–H groups in total. The fraction of sp³-hybridized carbons (Fsp3) is 0.207. The van der Waals surface area contributed by atoms with Gasteiger partial charge >= 0.3 is 25.7 Å². The van der Waals surface area contributed by atoms with Crippen LogP contribution in [0.3, 0.4) is 0 Å². The summed E-state index contributed by atoms with van der Waals surface area (Å²) >= 11 is 0. The Morgan fingerprint density at radius 1 is 0.436 bits per heavy atom. The number of ether oxygens (including phenoxy) is 8. The monoisotopic (exact) mass is 1370 g/mol. The number of hydrogen-bond acceptors (Lipinski definition) is 17. The number of carbonyl (C=O) groups excluding carboxylic acids is 3. The van der Waals surface area contributed by atoms with Gasteiger partial charge < -0.3 is 37.9 Å². The highest BCUT2D eigenvalue weighted by molar-refractivity contribution is 7.48. The summed E-state index contributed by atoms with van der Waals surface area (Å²) in [4.78, 5) is 41.9. The molecule has 1 aliphatic heterocycles. The molecule has 1 aliphatic rings. The Labute approximate surface area is 586 Å². The minimum Gasteiger partial charge on any atom is -0.459 e. The molecule has 514 valence electrons. The molecule has 12 rings (SSSR count). The van der Waals surface area contributed by atoms with Gasteiger partial charge in [-0.3, -0.25) is 13.6 Å². The summed E-state index contributed by atoms with van der Waals surface area (Å²) in [5, 5.41) is 9.22. The van der Waals surface area contributed by atoms with Crippen LogP contribution in [0.4, 0.5) is 0 Å². The first-order valence-electron chi connectivity index (χ1n) is 33.3. The zero-order chi connectivity index (χ0) is 69.3. The third kappa shape index (κ3) is 19.2. The third-order valence-corrected chi connectivity index (χ3v) is 18.3. The van der Waals surface area contributed by atoms with Crippen LogP contribution in [0.25, 0.3) is 0 Å². The van der Waals surface area contributed by atoms with E-state index in [-0.39, 0.29) is 75.1 Å². The molecule has 18 nitrogen and oxygen atoms in total. The van der Waals surface area contributed by atoms with E-state index in [9.17, 15) is 14.4 Å². The van der Waals surface area contributed by atoms with Gasteiger partial charge in [-0.05, 0) is 75.3 Å². The molecule has 7 atom stereocenters. The summed E-state index contributed by atoms with van der Waals surface area (Å²) in [7, 11) is -4.33. The average molecular weight is 1370 g/mol. The van der Waals surface area contributed by atoms with Gasteiger partial charge in [0.1, 0.15) is 36.2 Å². The molecule has 0 radical (unpaired) electrons. The van der Waals surface area contributed by atoms with Gasteiger partial charge in [0, 0.05) is 6.42 Å². The molecule has 0 saturated carbocycles. The van der Waals surface area contributed by atoms with Crippen LogP contribution in [0.5, 0.6) is 0 Å². The van der Waals surface area contributed by atoms with Gasteiger partial charge in [0.15, 0.2) is 18.4 Å². The average Bonchev–Trinajstić information content (AvgIpc) is 1.58. The van der Waals surface area contributed by atoms with Crippen molar-refractivity contribution in [1.29, 1.82) is 0 Å². The molecule has 1 aromatic heterocycles. The first-order valence-corrected chi connectivity index (χ1v) is 34.8. The summed E-state index contributed by atoms with van der Waals surface area (Å²) in [6.07, 6.45) is -6.71. The zero-order valence-corrected chi connectivity index (χ0v) is 56.2. The van der Waals surface area contributed by atoms with Crippen LogP contribution in [0.2, 0.25) is 0 Å². The Kier molecular flexibility index (Phi) is 24.9. The second-order valence-corrected chi connectivity index (χ2v) is 25.5. The molecule has 0 bridgehead atoms. The fourth-order valence-electron chi connectivity index (χ4n) is 11.8. The molecular formula is C82H76N3O15P. The molecule has 1 saturated heterocycles. The Morgan fingerprint density at radius 2 is 0.822 bits per heavy atom. The highest BCUT2D eigenvalue weighted by Crippen LogP contribution is 2.51. The van der Waals surface area contributed by atoms with E-state index in [0.717, 1.165) is 38.9 Å². The fourth-order valence-corrected chi connectivity index (χ4v) is 12.9. The van der Waals surface area contributed by atoms with Gasteiger partial charge in [-0.15, -0.1) is 5.10 Å². The van der Waals surface area contributed by atoms with Crippen LogP contribution < -0.4 is 0 Å². The van der Waals surface area contributed by atoms with E-state index in [1.54, 1.807) is 97.2 Å². The lowest BCUT2D eigenvalue weighted by atomic mass is 9.80. The number of hydrogen-bond donors (Lipinski definition) is 0. The molecule has 0 amide bonds. The second kappa shape index (κ2) is 35.6. The Balaban J connectivity index is 0.920. The lowest BCUT2D eigenvalue weighted by Gasteiger charge is -2.39. The third-order valence-electron chi connectivity index (χ3n) is 16.9. The Hall–Kier alpha value is -10.3. The first-order chi connectivity index (χ1) is 49.7. The maximum absolute atomic E-state index is 15.0. The predicted molar refractivity (Wildman–Crippen MR) is 376 cm³/mol. The standard InChI is InChI=1S/C82H76N3O15P/c86-79(65-39-19-5-20-40-65)93-59-74-76(99-80(87)66-41-21-6-22-42-66)77(100-81(88)67-43-23-7-24-44-67)78(98-74)85-53-71(83-84-85)58-91-73(60-94-82(68-45-25-8-26-46-68,69-47-27-9-28-48-69)70-49-29-10-30-50-70)75(92-55-62-33-13-2-14-34-62)72(90-54-61-31-11-1-12-32-61)51-52-95-101(89,96-56-63-35-15-3-16-36-63)97-57-64-37-17-4-18-38-64/h1-50,53,72-78H,51-52,54-60H2/t72-,73-,74-,75+,76-,77-,78-/m1/s1. The molecule has 2 heterocycles. The highest BCUT2D eigenvalue weighted by Gasteiger charge is 2.52. The zero-order valence-electron chi connectivity index (χ0n) is 55.3. The first kappa shape index (κ1) is 70.5. The van der Waals surface area contributed by atoms with E-state index in [0.29, 0.717) is 0 Å². The lowest BCUT2D eigenvalue weighted by Crippen LogP contribution is -2.47. The lowest BCUT2D eigenvalue weighted by molar-refractivity contribution is -0.179. The van der Waals surface area contributed by atoms with Crippen LogP contribution in [0.1, 0.15) is 88.4 Å². The topological polar surface area (TPSA) is 201 Å². The molecule has 1 fully saturated rings. The van der Waals surface area contributed by atoms with Crippen molar-refractivity contribution in [3.63, 3.8) is 0 Å². The van der Waals surface area contributed by atoms with Gasteiger partial charge in [0.2, 0.25) is 0 Å². The van der Waals surface area contributed by atoms with Crippen molar-refractivity contribution < 1.29 is 70.4 Å². The molecule has 0 unspecified atom stereocenters. The Bertz CT molecular complexity index is 4210. The Morgan fingerprint density at radius 3 is 1.28 bits per heavy atom. The van der Waals surface area contributed by atoms with Crippen molar-refractivity contribution >= 4 is 25.7 Å². The van der Waals surface area contributed by atoms with Crippen LogP contribution >= 0.6 is 7.82 Å². The van der Waals surface area contributed by atoms with Crippen molar-refractivity contribution in [3.05, 3.63) is 371 Å². The van der Waals surface area contributed by atoms with Crippen molar-refractivity contribution in [3.8, 4) is 0 Å². The van der Waals surface area contributed by atoms with Crippen molar-refractivity contribution in [2.45, 2.75) is 87.9 Å². The largest absolute Gasteiger partial charge is 0.475 e. The summed E-state index contributed by atoms with van der Waals surface area (Å²) in [6, 6.07) is 93.0. The molecular weight excluding hydrogens is 1300 g/mol. The van der Waals surface area contributed by atoms with Crippen LogP contribution in [0.15, 0.2) is 310 Å². The van der Waals surface area contributed by atoms with Crippen molar-refractivity contribution in [2.75, 3.05) is 19.8 Å². The number of carbonyl (C=O) groups is 3. The number of benzene rings is 10. The van der Waals surface area contributed by atoms with Crippen LogP contribution in [-0.4, -0.2) is 89.3 Å². The minimum absolute atomic E-state index is 0.0524. The van der Waals surface area contributed by atoms with E-state index in [4.69, 9.17) is 51.5 Å². The van der Waals surface area contributed by atoms with E-state index in [1.165, 1.54) is 4.68 Å². The molecule has 10 aromatic carbocycles. The summed E-state index contributed by atoms with van der Waals surface area (Å²) in [5.74, 6) is -2.17. The molecule has 0 aliphatic carbocycles. The van der Waals surface area contributed by atoms with Crippen LogP contribution in [0, 0.1) is 0 Å². The predicted octanol–water partition coefficient (Wildman–Crippen LogP) is 15.5. The van der Waals surface area contributed by atoms with E-state index < -0.39 is 80.8 Å². The normalized spacial score (nSPS) is 16.2. The quantitative estimate of drug-likeness (QED) is 0.0157. The van der Waals surface area contributed by atoms with Crippen LogP contribution in [-0.2, 0) is 94.7 Å². The van der Waals surface area contributed by atoms with E-state index in [2.05, 4.69) is 10.3 Å². The molecule has 101 heavy (non-hydrogen) atoms. The number of phosphoric ester groups is 1. The smallest absolute Gasteiger partial charge is 0.459 e. The number of rotatable bonds is 35. The van der Waals surface area contributed by atoms with E-state index in [1.807, 2.05) is 212 Å². The maximum Gasteiger partial charge on any atom is 0.475 e. The van der Waals surface area contributed by atoms with Gasteiger partial charge in [0.25, 0.3) is 0 Å². The molecule has 11 aromatic rings. The molecule has 0 spiro atoms. The van der Waals surface area contributed by atoms with Gasteiger partial charge in [-0.25, -0.2) is 23.6 Å². The SMILES string of the molecule is O=C(OC[C@H]1O[C@@H](n2cc(CO[C@H](COC(c3ccccc3)(c3ccccc3)c3ccccc3)[C@@H](OCc3ccccc3)[C@@H](CCOP(=O)(OCc3ccccc3)OCc3ccccc3)OCc3ccccc3)nn2)[C@H](OC(=O)c2ccccc2)[C@@H]1OC(=O)c1ccccc1)c1ccccc1. The highest BCUT2D eigenvalue weighted by atomic mass is 31.2. The second-order valence-electron chi connectivity index (χ2n) is 23.8. The van der Waals surface area contributed by atoms with Gasteiger partial charge in [-0.1, -0.05) is 272 Å². The van der Waals surface area contributed by atoms with Gasteiger partial charge in [-0.2, -0.15) is 0 Å². The number of phosphoric acid groups is 1. The number of aromatic nitrogens is 3. The summed E-state index contributed by atoms with van der Waals surface area (Å²) < 4.78 is 89.4. The number of esters is 3. The van der Waals surface area contributed by atoms with Crippen molar-refractivity contribution in [1.82, 2.24) is 15.0 Å². The minimum atomic E-state index is -4.33. The van der Waals surface area contributed by atoms with Crippen molar-refractivity contribution in [2.24, 2.45) is 0 Å². The number of nitrogens with zero attached hydrogens (tertiary/aromatic N) is 3.